The van der Waals surface area contributed by atoms with Gasteiger partial charge in [0.15, 0.2) is 5.13 Å². The van der Waals surface area contributed by atoms with Crippen molar-refractivity contribution < 1.29 is 0 Å². The van der Waals surface area contributed by atoms with Gasteiger partial charge in [0, 0.05) is 18.0 Å². The van der Waals surface area contributed by atoms with E-state index in [1.807, 2.05) is 6.92 Å². The Morgan fingerprint density at radius 1 is 1.69 bits per heavy atom. The van der Waals surface area contributed by atoms with Gasteiger partial charge >= 0.3 is 0 Å². The summed E-state index contributed by atoms with van der Waals surface area (Å²) in [5, 5.41) is 6.44. The number of aromatic nitrogens is 1. The molecule has 1 fully saturated rings. The summed E-state index contributed by atoms with van der Waals surface area (Å²) in [5.74, 6) is 0.763. The number of hydrogen-bond donors (Lipinski definition) is 2. The van der Waals surface area contributed by atoms with E-state index in [1.165, 1.54) is 0 Å². The molecule has 3 N–H and O–H groups in total. The first-order valence-corrected chi connectivity index (χ1v) is 5.53. The summed E-state index contributed by atoms with van der Waals surface area (Å²) in [6.07, 6.45) is 2.33. The van der Waals surface area contributed by atoms with Crippen LogP contribution < -0.4 is 11.1 Å². The molecule has 1 saturated carbocycles. The van der Waals surface area contributed by atoms with Crippen molar-refractivity contribution in [3.8, 4) is 0 Å². The molecule has 0 aromatic carbocycles. The highest BCUT2D eigenvalue weighted by Crippen LogP contribution is 2.26. The molecule has 13 heavy (non-hydrogen) atoms. The Hall–Kier alpha value is -0.610. The maximum Gasteiger partial charge on any atom is 0.182 e. The first-order chi connectivity index (χ1) is 6.24. The third-order valence-electron chi connectivity index (χ3n) is 2.43. The number of aryl methyl sites for hydroxylation is 1. The summed E-state index contributed by atoms with van der Waals surface area (Å²) in [5.41, 5.74) is 6.80. The van der Waals surface area contributed by atoms with Crippen molar-refractivity contribution in [2.75, 3.05) is 11.9 Å². The Morgan fingerprint density at radius 2 is 2.46 bits per heavy atom. The van der Waals surface area contributed by atoms with E-state index in [2.05, 4.69) is 15.7 Å². The van der Waals surface area contributed by atoms with E-state index in [-0.39, 0.29) is 0 Å². The van der Waals surface area contributed by atoms with Crippen LogP contribution >= 0.6 is 11.3 Å². The lowest BCUT2D eigenvalue weighted by molar-refractivity contribution is 0.280. The highest BCUT2D eigenvalue weighted by Gasteiger charge is 2.25. The van der Waals surface area contributed by atoms with Crippen molar-refractivity contribution in [2.45, 2.75) is 25.8 Å². The lowest BCUT2D eigenvalue weighted by Gasteiger charge is -2.32. The van der Waals surface area contributed by atoms with Gasteiger partial charge in [-0.15, -0.1) is 11.3 Å². The van der Waals surface area contributed by atoms with Crippen molar-refractivity contribution in [3.63, 3.8) is 0 Å². The SMILES string of the molecule is Cc1csc(NCC2CC(N)C2)n1. The maximum absolute atomic E-state index is 5.70. The van der Waals surface area contributed by atoms with Gasteiger partial charge < -0.3 is 11.1 Å². The summed E-state index contributed by atoms with van der Waals surface area (Å²) >= 11 is 1.67. The van der Waals surface area contributed by atoms with Crippen LogP contribution in [0.1, 0.15) is 18.5 Å². The van der Waals surface area contributed by atoms with Crippen LogP contribution in [0.4, 0.5) is 5.13 Å². The average Bonchev–Trinajstić information content (AvgIpc) is 2.43. The number of nitrogens with zero attached hydrogens (tertiary/aromatic N) is 1. The Labute approximate surface area is 82.4 Å². The molecule has 2 rings (SSSR count). The van der Waals surface area contributed by atoms with Crippen molar-refractivity contribution in [2.24, 2.45) is 11.7 Å². The van der Waals surface area contributed by atoms with E-state index in [0.717, 1.165) is 36.1 Å². The fourth-order valence-corrected chi connectivity index (χ4v) is 2.32. The maximum atomic E-state index is 5.70. The van der Waals surface area contributed by atoms with E-state index in [4.69, 9.17) is 5.73 Å². The number of hydrogen-bond acceptors (Lipinski definition) is 4. The van der Waals surface area contributed by atoms with Crippen molar-refractivity contribution in [1.29, 1.82) is 0 Å². The summed E-state index contributed by atoms with van der Waals surface area (Å²) < 4.78 is 0. The van der Waals surface area contributed by atoms with E-state index < -0.39 is 0 Å². The van der Waals surface area contributed by atoms with Crippen LogP contribution in [0, 0.1) is 12.8 Å². The van der Waals surface area contributed by atoms with Crippen LogP contribution in [0.15, 0.2) is 5.38 Å². The van der Waals surface area contributed by atoms with E-state index in [9.17, 15) is 0 Å². The molecular formula is C9H15N3S. The molecule has 1 heterocycles. The number of nitrogens with one attached hydrogen (secondary N) is 1. The van der Waals surface area contributed by atoms with Gasteiger partial charge in [0.25, 0.3) is 0 Å². The molecule has 1 aromatic rings. The molecule has 1 aromatic heterocycles. The summed E-state index contributed by atoms with van der Waals surface area (Å²) in [7, 11) is 0. The molecule has 0 amide bonds. The number of nitrogens with two attached hydrogens (primary N) is 1. The Kier molecular flexibility index (Phi) is 2.51. The highest BCUT2D eigenvalue weighted by molar-refractivity contribution is 7.13. The average molecular weight is 197 g/mol. The first kappa shape index (κ1) is 8.97. The molecule has 0 saturated heterocycles. The van der Waals surface area contributed by atoms with E-state index >= 15 is 0 Å². The van der Waals surface area contributed by atoms with Crippen molar-refractivity contribution in [1.82, 2.24) is 4.98 Å². The molecule has 72 valence electrons. The van der Waals surface area contributed by atoms with Crippen LogP contribution in [0.3, 0.4) is 0 Å². The molecule has 0 atom stereocenters. The molecule has 1 aliphatic carbocycles. The van der Waals surface area contributed by atoms with Crippen LogP contribution in [-0.4, -0.2) is 17.6 Å². The monoisotopic (exact) mass is 197 g/mol. The Balaban J connectivity index is 1.74. The van der Waals surface area contributed by atoms with Gasteiger partial charge in [-0.3, -0.25) is 0 Å². The lowest BCUT2D eigenvalue weighted by atomic mass is 9.81. The minimum Gasteiger partial charge on any atom is -0.361 e. The summed E-state index contributed by atoms with van der Waals surface area (Å²) in [6.45, 7) is 3.04. The largest absolute Gasteiger partial charge is 0.361 e. The second kappa shape index (κ2) is 3.64. The molecule has 3 nitrogen and oxygen atoms in total. The van der Waals surface area contributed by atoms with Gasteiger partial charge in [0.1, 0.15) is 0 Å². The smallest absolute Gasteiger partial charge is 0.182 e. The summed E-state index contributed by atoms with van der Waals surface area (Å²) in [4.78, 5) is 4.34. The number of anilines is 1. The Bertz CT molecular complexity index is 278. The number of thiazole rings is 1. The molecule has 1 aliphatic rings. The van der Waals surface area contributed by atoms with E-state index in [0.29, 0.717) is 6.04 Å². The minimum atomic E-state index is 0.449. The highest BCUT2D eigenvalue weighted by atomic mass is 32.1. The fraction of sp³-hybridized carbons (Fsp3) is 0.667. The van der Waals surface area contributed by atoms with Gasteiger partial charge in [-0.25, -0.2) is 4.98 Å². The number of rotatable bonds is 3. The third-order valence-corrected chi connectivity index (χ3v) is 3.35. The second-order valence-corrected chi connectivity index (χ2v) is 4.63. The van der Waals surface area contributed by atoms with E-state index in [1.54, 1.807) is 11.3 Å². The zero-order chi connectivity index (χ0) is 9.26. The molecule has 0 spiro atoms. The third kappa shape index (κ3) is 2.19. The van der Waals surface area contributed by atoms with Gasteiger partial charge in [-0.05, 0) is 25.7 Å². The zero-order valence-electron chi connectivity index (χ0n) is 7.79. The molecule has 0 aliphatic heterocycles. The molecule has 0 bridgehead atoms. The van der Waals surface area contributed by atoms with Gasteiger partial charge in [0.2, 0.25) is 0 Å². The lowest BCUT2D eigenvalue weighted by Crippen LogP contribution is -2.39. The topological polar surface area (TPSA) is 50.9 Å². The predicted molar refractivity (Wildman–Crippen MR) is 56.0 cm³/mol. The molecule has 0 unspecified atom stereocenters. The first-order valence-electron chi connectivity index (χ1n) is 4.65. The Morgan fingerprint density at radius 3 is 3.00 bits per heavy atom. The van der Waals surface area contributed by atoms with Crippen LogP contribution in [0.2, 0.25) is 0 Å². The van der Waals surface area contributed by atoms with Crippen LogP contribution in [0.5, 0.6) is 0 Å². The second-order valence-electron chi connectivity index (χ2n) is 3.77. The standard InChI is InChI=1S/C9H15N3S/c1-6-5-13-9(12-6)11-4-7-2-8(10)3-7/h5,7-8H,2-4,10H2,1H3,(H,11,12). The quantitative estimate of drug-likeness (QED) is 0.774. The normalized spacial score (nSPS) is 26.9. The van der Waals surface area contributed by atoms with Crippen LogP contribution in [0.25, 0.3) is 0 Å². The van der Waals surface area contributed by atoms with Gasteiger partial charge in [-0.1, -0.05) is 0 Å². The molecule has 4 heteroatoms. The van der Waals surface area contributed by atoms with Gasteiger partial charge in [0.05, 0.1) is 5.69 Å². The predicted octanol–water partition coefficient (Wildman–Crippen LogP) is 1.60. The zero-order valence-corrected chi connectivity index (χ0v) is 8.60. The van der Waals surface area contributed by atoms with Crippen molar-refractivity contribution >= 4 is 16.5 Å². The molecule has 0 radical (unpaired) electrons. The van der Waals surface area contributed by atoms with Crippen molar-refractivity contribution in [3.05, 3.63) is 11.1 Å². The van der Waals surface area contributed by atoms with Gasteiger partial charge in [-0.2, -0.15) is 0 Å². The fourth-order valence-electron chi connectivity index (χ4n) is 1.62. The summed E-state index contributed by atoms with van der Waals surface area (Å²) in [6, 6.07) is 0.449. The van der Waals surface area contributed by atoms with Crippen LogP contribution in [-0.2, 0) is 0 Å². The minimum absolute atomic E-state index is 0.449. The molecular weight excluding hydrogens is 182 g/mol.